The molecular formula is C13H19N3OS. The van der Waals surface area contributed by atoms with Crippen LogP contribution < -0.4 is 5.32 Å². The number of furan rings is 1. The Labute approximate surface area is 112 Å². The van der Waals surface area contributed by atoms with Crippen LogP contribution in [0.2, 0.25) is 0 Å². The molecule has 0 radical (unpaired) electrons. The number of rotatable bonds is 7. The maximum atomic E-state index is 5.35. The maximum Gasteiger partial charge on any atom is 0.120 e. The minimum absolute atomic E-state index is 0.257. The molecule has 18 heavy (non-hydrogen) atoms. The first-order chi connectivity index (χ1) is 8.75. The first kappa shape index (κ1) is 13.3. The van der Waals surface area contributed by atoms with Gasteiger partial charge in [-0.25, -0.2) is 4.98 Å². The summed E-state index contributed by atoms with van der Waals surface area (Å²) in [5.74, 6) is 0.983. The summed E-state index contributed by atoms with van der Waals surface area (Å²) in [7, 11) is 2.11. The Balaban J connectivity index is 1.66. The summed E-state index contributed by atoms with van der Waals surface area (Å²) in [6.07, 6.45) is 1.71. The molecule has 0 spiro atoms. The smallest absolute Gasteiger partial charge is 0.120 e. The maximum absolute atomic E-state index is 5.35. The number of nitrogens with one attached hydrogen (secondary N) is 1. The van der Waals surface area contributed by atoms with Crippen LogP contribution in [0.25, 0.3) is 0 Å². The van der Waals surface area contributed by atoms with Crippen LogP contribution in [0.5, 0.6) is 0 Å². The minimum atomic E-state index is 0.257. The number of hydrogen-bond acceptors (Lipinski definition) is 5. The van der Waals surface area contributed by atoms with E-state index >= 15 is 0 Å². The predicted octanol–water partition coefficient (Wildman–Crippen LogP) is 2.52. The second kappa shape index (κ2) is 6.68. The lowest BCUT2D eigenvalue weighted by molar-refractivity contribution is 0.310. The Morgan fingerprint density at radius 3 is 3.11 bits per heavy atom. The molecule has 98 valence electrons. The normalized spacial score (nSPS) is 13.1. The van der Waals surface area contributed by atoms with Crippen LogP contribution in [0.1, 0.15) is 24.4 Å². The van der Waals surface area contributed by atoms with Gasteiger partial charge in [-0.1, -0.05) is 0 Å². The summed E-state index contributed by atoms with van der Waals surface area (Å²) < 4.78 is 5.35. The Morgan fingerprint density at radius 2 is 2.44 bits per heavy atom. The standard InChI is InChI=1S/C13H19N3OS/c1-11(13-4-3-7-17-13)14-5-6-16(2)8-12-9-18-10-15-12/h3-4,7,9-11,14H,5-6,8H2,1-2H3. The van der Waals surface area contributed by atoms with Gasteiger partial charge in [-0.05, 0) is 26.1 Å². The van der Waals surface area contributed by atoms with Crippen LogP contribution in [0.4, 0.5) is 0 Å². The molecule has 0 aliphatic heterocycles. The second-order valence-corrected chi connectivity index (χ2v) is 5.13. The SMILES string of the molecule is CC(NCCN(C)Cc1cscn1)c1ccco1. The topological polar surface area (TPSA) is 41.3 Å². The van der Waals surface area contributed by atoms with E-state index in [1.807, 2.05) is 17.6 Å². The molecule has 0 amide bonds. The van der Waals surface area contributed by atoms with E-state index < -0.39 is 0 Å². The van der Waals surface area contributed by atoms with Crippen LogP contribution in [-0.4, -0.2) is 30.0 Å². The van der Waals surface area contributed by atoms with Crippen LogP contribution in [-0.2, 0) is 6.54 Å². The highest BCUT2D eigenvalue weighted by Gasteiger charge is 2.07. The molecule has 0 bridgehead atoms. The van der Waals surface area contributed by atoms with Gasteiger partial charge in [0.2, 0.25) is 0 Å². The summed E-state index contributed by atoms with van der Waals surface area (Å²) in [6, 6.07) is 4.17. The molecule has 4 nitrogen and oxygen atoms in total. The van der Waals surface area contributed by atoms with Crippen LogP contribution in [0.15, 0.2) is 33.7 Å². The van der Waals surface area contributed by atoms with Crippen molar-refractivity contribution in [1.82, 2.24) is 15.2 Å². The summed E-state index contributed by atoms with van der Waals surface area (Å²) in [5.41, 5.74) is 3.02. The van der Waals surface area contributed by atoms with Crippen molar-refractivity contribution in [2.75, 3.05) is 20.1 Å². The summed E-state index contributed by atoms with van der Waals surface area (Å²) in [6.45, 7) is 4.94. The molecule has 2 heterocycles. The molecule has 0 aliphatic carbocycles. The molecule has 0 fully saturated rings. The van der Waals surface area contributed by atoms with Gasteiger partial charge in [0.1, 0.15) is 5.76 Å². The molecule has 5 heteroatoms. The molecule has 2 aromatic rings. The number of aromatic nitrogens is 1. The Kier molecular flexibility index (Phi) is 4.92. The third kappa shape index (κ3) is 3.94. The van der Waals surface area contributed by atoms with Gasteiger partial charge in [0, 0.05) is 25.0 Å². The number of hydrogen-bond donors (Lipinski definition) is 1. The third-order valence-electron chi connectivity index (χ3n) is 2.83. The van der Waals surface area contributed by atoms with Crippen molar-refractivity contribution in [2.24, 2.45) is 0 Å². The summed E-state index contributed by atoms with van der Waals surface area (Å²) >= 11 is 1.64. The van der Waals surface area contributed by atoms with Gasteiger partial charge in [0.15, 0.2) is 0 Å². The highest BCUT2D eigenvalue weighted by molar-refractivity contribution is 7.07. The molecule has 0 saturated heterocycles. The van der Waals surface area contributed by atoms with E-state index in [1.54, 1.807) is 17.6 Å². The zero-order valence-corrected chi connectivity index (χ0v) is 11.6. The number of nitrogens with zero attached hydrogens (tertiary/aromatic N) is 2. The van der Waals surface area contributed by atoms with E-state index in [0.717, 1.165) is 31.1 Å². The van der Waals surface area contributed by atoms with E-state index in [9.17, 15) is 0 Å². The van der Waals surface area contributed by atoms with Crippen molar-refractivity contribution < 1.29 is 4.42 Å². The highest BCUT2D eigenvalue weighted by atomic mass is 32.1. The lowest BCUT2D eigenvalue weighted by Gasteiger charge is -2.17. The highest BCUT2D eigenvalue weighted by Crippen LogP contribution is 2.11. The second-order valence-electron chi connectivity index (χ2n) is 4.41. The molecule has 0 aliphatic rings. The molecule has 2 rings (SSSR count). The van der Waals surface area contributed by atoms with Crippen molar-refractivity contribution in [1.29, 1.82) is 0 Å². The fourth-order valence-corrected chi connectivity index (χ4v) is 2.33. The van der Waals surface area contributed by atoms with Crippen molar-refractivity contribution in [3.8, 4) is 0 Å². The average Bonchev–Trinajstić information content (AvgIpc) is 3.00. The Bertz CT molecular complexity index is 427. The van der Waals surface area contributed by atoms with Crippen LogP contribution in [0, 0.1) is 0 Å². The van der Waals surface area contributed by atoms with Crippen LogP contribution >= 0.6 is 11.3 Å². The van der Waals surface area contributed by atoms with Gasteiger partial charge >= 0.3 is 0 Å². The van der Waals surface area contributed by atoms with Gasteiger partial charge in [-0.2, -0.15) is 0 Å². The molecular weight excluding hydrogens is 246 g/mol. The van der Waals surface area contributed by atoms with E-state index in [0.29, 0.717) is 0 Å². The zero-order valence-electron chi connectivity index (χ0n) is 10.8. The molecule has 1 unspecified atom stereocenters. The van der Waals surface area contributed by atoms with Gasteiger partial charge in [0.25, 0.3) is 0 Å². The van der Waals surface area contributed by atoms with Gasteiger partial charge < -0.3 is 9.73 Å². The van der Waals surface area contributed by atoms with E-state index in [2.05, 4.69) is 34.6 Å². The first-order valence-electron chi connectivity index (χ1n) is 6.08. The molecule has 2 aromatic heterocycles. The van der Waals surface area contributed by atoms with Crippen molar-refractivity contribution in [3.05, 3.63) is 40.7 Å². The number of thiazole rings is 1. The first-order valence-corrected chi connectivity index (χ1v) is 7.02. The quantitative estimate of drug-likeness (QED) is 0.835. The lowest BCUT2D eigenvalue weighted by Crippen LogP contribution is -2.30. The molecule has 0 saturated carbocycles. The third-order valence-corrected chi connectivity index (χ3v) is 3.46. The Hall–Kier alpha value is -1.17. The zero-order chi connectivity index (χ0) is 12.8. The molecule has 1 atom stereocenters. The fraction of sp³-hybridized carbons (Fsp3) is 0.462. The monoisotopic (exact) mass is 265 g/mol. The van der Waals surface area contributed by atoms with Crippen molar-refractivity contribution in [2.45, 2.75) is 19.5 Å². The van der Waals surface area contributed by atoms with E-state index in [-0.39, 0.29) is 6.04 Å². The molecule has 1 N–H and O–H groups in total. The van der Waals surface area contributed by atoms with Gasteiger partial charge in [-0.15, -0.1) is 11.3 Å². The van der Waals surface area contributed by atoms with Crippen molar-refractivity contribution >= 4 is 11.3 Å². The van der Waals surface area contributed by atoms with Crippen LogP contribution in [0.3, 0.4) is 0 Å². The van der Waals surface area contributed by atoms with E-state index in [1.165, 1.54) is 0 Å². The fourth-order valence-electron chi connectivity index (χ4n) is 1.78. The Morgan fingerprint density at radius 1 is 1.56 bits per heavy atom. The average molecular weight is 265 g/mol. The van der Waals surface area contributed by atoms with Gasteiger partial charge in [-0.3, -0.25) is 4.90 Å². The summed E-state index contributed by atoms with van der Waals surface area (Å²) in [5, 5.41) is 5.53. The largest absolute Gasteiger partial charge is 0.468 e. The molecule has 0 aromatic carbocycles. The number of likely N-dealkylation sites (N-methyl/N-ethyl adjacent to an activating group) is 1. The van der Waals surface area contributed by atoms with E-state index in [4.69, 9.17) is 4.42 Å². The minimum Gasteiger partial charge on any atom is -0.468 e. The summed E-state index contributed by atoms with van der Waals surface area (Å²) in [4.78, 5) is 6.54. The lowest BCUT2D eigenvalue weighted by atomic mass is 10.2. The van der Waals surface area contributed by atoms with Crippen molar-refractivity contribution in [3.63, 3.8) is 0 Å². The van der Waals surface area contributed by atoms with Gasteiger partial charge in [0.05, 0.1) is 23.5 Å². The predicted molar refractivity (Wildman–Crippen MR) is 73.6 cm³/mol.